The second kappa shape index (κ2) is 9.64. The molecule has 0 atom stereocenters. The summed E-state index contributed by atoms with van der Waals surface area (Å²) in [6.07, 6.45) is 0. The third-order valence-electron chi connectivity index (χ3n) is 6.46. The number of piperazine rings is 1. The van der Waals surface area contributed by atoms with Gasteiger partial charge < -0.3 is 9.47 Å². The van der Waals surface area contributed by atoms with Crippen LogP contribution in [0.5, 0.6) is 0 Å². The van der Waals surface area contributed by atoms with Crippen LogP contribution >= 0.6 is 23.2 Å². The molecule has 4 aromatic rings. The minimum atomic E-state index is 0.744. The van der Waals surface area contributed by atoms with Crippen molar-refractivity contribution in [2.45, 2.75) is 13.5 Å². The van der Waals surface area contributed by atoms with Crippen LogP contribution in [0.15, 0.2) is 84.9 Å². The SMILES string of the molecule is Cc1c(CN2CCN(c3ccccc3)CC2)cc(-c2ccc(Cl)cc2)n1-c1ccc(Cl)cc1. The number of nitrogens with zero attached hydrogens (tertiary/aromatic N) is 3. The van der Waals surface area contributed by atoms with Crippen molar-refractivity contribution in [1.29, 1.82) is 0 Å². The maximum Gasteiger partial charge on any atom is 0.0534 e. The Labute approximate surface area is 205 Å². The van der Waals surface area contributed by atoms with Crippen LogP contribution in [0.1, 0.15) is 11.3 Å². The van der Waals surface area contributed by atoms with Crippen LogP contribution in [0.2, 0.25) is 10.0 Å². The van der Waals surface area contributed by atoms with Gasteiger partial charge in [0.2, 0.25) is 0 Å². The Morgan fingerprint density at radius 2 is 1.30 bits per heavy atom. The van der Waals surface area contributed by atoms with Gasteiger partial charge in [-0.15, -0.1) is 0 Å². The smallest absolute Gasteiger partial charge is 0.0534 e. The van der Waals surface area contributed by atoms with Crippen LogP contribution in [-0.4, -0.2) is 35.6 Å². The van der Waals surface area contributed by atoms with Gasteiger partial charge in [0.15, 0.2) is 0 Å². The summed E-state index contributed by atoms with van der Waals surface area (Å²) in [5.41, 5.74) is 7.35. The Balaban J connectivity index is 1.42. The van der Waals surface area contributed by atoms with Crippen molar-refractivity contribution in [1.82, 2.24) is 9.47 Å². The molecule has 2 heterocycles. The van der Waals surface area contributed by atoms with E-state index in [1.54, 1.807) is 0 Å². The zero-order valence-electron chi connectivity index (χ0n) is 18.7. The van der Waals surface area contributed by atoms with Gasteiger partial charge in [0.25, 0.3) is 0 Å². The number of rotatable bonds is 5. The molecule has 1 aliphatic rings. The summed E-state index contributed by atoms with van der Waals surface area (Å²) in [7, 11) is 0. The fraction of sp³-hybridized carbons (Fsp3) is 0.214. The average Bonchev–Trinajstić information content (AvgIpc) is 3.17. The van der Waals surface area contributed by atoms with E-state index in [1.165, 1.54) is 22.6 Å². The molecular weight excluding hydrogens is 449 g/mol. The molecule has 1 saturated heterocycles. The lowest BCUT2D eigenvalue weighted by molar-refractivity contribution is 0.249. The molecule has 0 bridgehead atoms. The second-order valence-electron chi connectivity index (χ2n) is 8.56. The number of para-hydroxylation sites is 1. The zero-order chi connectivity index (χ0) is 22.8. The molecule has 0 N–H and O–H groups in total. The second-order valence-corrected chi connectivity index (χ2v) is 9.43. The summed E-state index contributed by atoms with van der Waals surface area (Å²) in [4.78, 5) is 5.03. The lowest BCUT2D eigenvalue weighted by Crippen LogP contribution is -2.46. The first-order chi connectivity index (χ1) is 16.1. The number of benzene rings is 3. The summed E-state index contributed by atoms with van der Waals surface area (Å²) in [6.45, 7) is 7.35. The van der Waals surface area contributed by atoms with Crippen molar-refractivity contribution >= 4 is 28.9 Å². The average molecular weight is 476 g/mol. The van der Waals surface area contributed by atoms with Gasteiger partial charge in [0, 0.05) is 59.8 Å². The van der Waals surface area contributed by atoms with Crippen LogP contribution in [0.25, 0.3) is 16.9 Å². The van der Waals surface area contributed by atoms with E-state index in [0.717, 1.165) is 54.0 Å². The fourth-order valence-corrected chi connectivity index (χ4v) is 4.87. The normalized spacial score (nSPS) is 14.6. The molecule has 0 amide bonds. The predicted octanol–water partition coefficient (Wildman–Crippen LogP) is 7.08. The van der Waals surface area contributed by atoms with Crippen molar-refractivity contribution < 1.29 is 0 Å². The Morgan fingerprint density at radius 1 is 0.697 bits per heavy atom. The van der Waals surface area contributed by atoms with Gasteiger partial charge in [-0.1, -0.05) is 53.5 Å². The Bertz CT molecular complexity index is 1210. The predicted molar refractivity (Wildman–Crippen MR) is 140 cm³/mol. The largest absolute Gasteiger partial charge is 0.369 e. The minimum Gasteiger partial charge on any atom is -0.369 e. The Kier molecular flexibility index (Phi) is 6.45. The van der Waals surface area contributed by atoms with Crippen molar-refractivity contribution in [3.63, 3.8) is 0 Å². The van der Waals surface area contributed by atoms with Crippen LogP contribution in [0, 0.1) is 6.92 Å². The van der Waals surface area contributed by atoms with E-state index in [-0.39, 0.29) is 0 Å². The molecule has 0 radical (unpaired) electrons. The van der Waals surface area contributed by atoms with Crippen LogP contribution in [0.4, 0.5) is 5.69 Å². The molecule has 3 nitrogen and oxygen atoms in total. The van der Waals surface area contributed by atoms with Crippen molar-refractivity contribution in [3.8, 4) is 16.9 Å². The first-order valence-corrected chi connectivity index (χ1v) is 12.1. The lowest BCUT2D eigenvalue weighted by Gasteiger charge is -2.36. The summed E-state index contributed by atoms with van der Waals surface area (Å²) in [5.74, 6) is 0. The molecular formula is C28H27Cl2N3. The highest BCUT2D eigenvalue weighted by Gasteiger charge is 2.21. The zero-order valence-corrected chi connectivity index (χ0v) is 20.2. The molecule has 1 aliphatic heterocycles. The van der Waals surface area contributed by atoms with E-state index in [2.05, 4.69) is 82.0 Å². The van der Waals surface area contributed by atoms with E-state index in [1.807, 2.05) is 24.3 Å². The van der Waals surface area contributed by atoms with Crippen LogP contribution < -0.4 is 4.90 Å². The maximum atomic E-state index is 6.17. The molecule has 3 aromatic carbocycles. The molecule has 1 aromatic heterocycles. The molecule has 1 fully saturated rings. The molecule has 0 spiro atoms. The van der Waals surface area contributed by atoms with Gasteiger partial charge in [0.1, 0.15) is 0 Å². The fourth-order valence-electron chi connectivity index (χ4n) is 4.62. The quantitative estimate of drug-likeness (QED) is 0.305. The number of aromatic nitrogens is 1. The first kappa shape index (κ1) is 22.1. The van der Waals surface area contributed by atoms with Gasteiger partial charge in [-0.2, -0.15) is 0 Å². The first-order valence-electron chi connectivity index (χ1n) is 11.3. The Hall–Kier alpha value is -2.72. The highest BCUT2D eigenvalue weighted by Crippen LogP contribution is 2.32. The number of anilines is 1. The summed E-state index contributed by atoms with van der Waals surface area (Å²) in [5, 5.41) is 1.49. The molecule has 5 rings (SSSR count). The maximum absolute atomic E-state index is 6.17. The highest BCUT2D eigenvalue weighted by atomic mass is 35.5. The van der Waals surface area contributed by atoms with Crippen molar-refractivity contribution in [2.24, 2.45) is 0 Å². The van der Waals surface area contributed by atoms with Crippen LogP contribution in [0.3, 0.4) is 0 Å². The molecule has 0 saturated carbocycles. The van der Waals surface area contributed by atoms with Crippen molar-refractivity contribution in [2.75, 3.05) is 31.1 Å². The van der Waals surface area contributed by atoms with E-state index in [4.69, 9.17) is 23.2 Å². The molecule has 168 valence electrons. The number of hydrogen-bond donors (Lipinski definition) is 0. The lowest BCUT2D eigenvalue weighted by atomic mass is 10.1. The van der Waals surface area contributed by atoms with Gasteiger partial charge in [-0.3, -0.25) is 4.90 Å². The van der Waals surface area contributed by atoms with Crippen LogP contribution in [-0.2, 0) is 6.54 Å². The standard InChI is InChI=1S/C28H27Cl2N3/c1-21-23(20-31-15-17-32(18-16-31)26-5-3-2-4-6-26)19-28(22-7-9-24(29)10-8-22)33(21)27-13-11-25(30)12-14-27/h2-14,19H,15-18,20H2,1H3. The number of halogens is 2. The van der Waals surface area contributed by atoms with E-state index in [0.29, 0.717) is 0 Å². The molecule has 0 aliphatic carbocycles. The van der Waals surface area contributed by atoms with Gasteiger partial charge in [0.05, 0.1) is 5.69 Å². The molecule has 33 heavy (non-hydrogen) atoms. The third-order valence-corrected chi connectivity index (χ3v) is 6.97. The van der Waals surface area contributed by atoms with Gasteiger partial charge >= 0.3 is 0 Å². The summed E-state index contributed by atoms with van der Waals surface area (Å²) >= 11 is 12.3. The van der Waals surface area contributed by atoms with Gasteiger partial charge in [-0.05, 0) is 72.6 Å². The Morgan fingerprint density at radius 3 is 1.94 bits per heavy atom. The van der Waals surface area contributed by atoms with E-state index >= 15 is 0 Å². The van der Waals surface area contributed by atoms with Crippen molar-refractivity contribution in [3.05, 3.63) is 106 Å². The highest BCUT2D eigenvalue weighted by molar-refractivity contribution is 6.30. The minimum absolute atomic E-state index is 0.744. The monoisotopic (exact) mass is 475 g/mol. The molecule has 5 heteroatoms. The summed E-state index contributed by atoms with van der Waals surface area (Å²) in [6, 6.07) is 29.2. The summed E-state index contributed by atoms with van der Waals surface area (Å²) < 4.78 is 2.33. The van der Waals surface area contributed by atoms with E-state index in [9.17, 15) is 0 Å². The topological polar surface area (TPSA) is 11.4 Å². The number of hydrogen-bond acceptors (Lipinski definition) is 2. The molecule has 0 unspecified atom stereocenters. The van der Waals surface area contributed by atoms with E-state index < -0.39 is 0 Å². The van der Waals surface area contributed by atoms with Gasteiger partial charge in [-0.25, -0.2) is 0 Å². The third kappa shape index (κ3) is 4.81.